The number of hydrogen-bond acceptors (Lipinski definition) is 2. The summed E-state index contributed by atoms with van der Waals surface area (Å²) in [7, 11) is 0. The zero-order chi connectivity index (χ0) is 47.5. The van der Waals surface area contributed by atoms with Crippen molar-refractivity contribution in [2.75, 3.05) is 4.90 Å². The first kappa shape index (κ1) is 15.0. The summed E-state index contributed by atoms with van der Waals surface area (Å²) in [5.74, 6) is 0. The van der Waals surface area contributed by atoms with Crippen molar-refractivity contribution in [2.45, 2.75) is 0 Å². The lowest BCUT2D eigenvalue weighted by Crippen LogP contribution is -2.11. The molecule has 2 nitrogen and oxygen atoms in total. The maximum atomic E-state index is 9.49. The molecule has 1 aromatic heterocycles. The van der Waals surface area contributed by atoms with Gasteiger partial charge in [0, 0.05) is 33.1 Å². The van der Waals surface area contributed by atoms with Crippen molar-refractivity contribution in [3.63, 3.8) is 0 Å². The van der Waals surface area contributed by atoms with Crippen LogP contribution in [0.3, 0.4) is 0 Å². The number of rotatable bonds is 6. The van der Waals surface area contributed by atoms with Gasteiger partial charge in [0.1, 0.15) is 11.2 Å². The van der Waals surface area contributed by atoms with Gasteiger partial charge in [-0.3, -0.25) is 0 Å². The van der Waals surface area contributed by atoms with E-state index in [1.54, 1.807) is 30.3 Å². The predicted molar refractivity (Wildman–Crippen MR) is 202 cm³/mol. The summed E-state index contributed by atoms with van der Waals surface area (Å²) in [6, 6.07) is 8.82. The van der Waals surface area contributed by atoms with Gasteiger partial charge in [0.2, 0.25) is 0 Å². The van der Waals surface area contributed by atoms with Crippen molar-refractivity contribution in [3.8, 4) is 33.4 Å². The first-order valence-corrected chi connectivity index (χ1v) is 14.9. The van der Waals surface area contributed by atoms with E-state index in [-0.39, 0.29) is 5.69 Å². The van der Waals surface area contributed by atoms with Crippen molar-refractivity contribution >= 4 is 49.8 Å². The average molecular weight is 632 g/mol. The van der Waals surface area contributed by atoms with Crippen LogP contribution in [0, 0.1) is 0 Å². The zero-order valence-electron chi connectivity index (χ0n) is 42.9. The highest BCUT2D eigenvalue weighted by Crippen LogP contribution is 2.43. The standard InChI is InChI=1S/C46H31NO/c1-3-11-32(12-4-1)34-19-25-38(26-20-34)47(39-27-21-35(22-28-39)33-13-5-2-6-14-33)44-18-10-9-16-40(44)37-24-30-45-43(31-37)42-29-23-36-15-7-8-17-41(36)46(42)48-45/h1-31H/i1D,2D,3D,4D,5D,6D,11D,12D,13D,14D,19D,20D,21D,22D,25D,26D,27D,28D. The van der Waals surface area contributed by atoms with Gasteiger partial charge in [0.15, 0.2) is 0 Å². The first-order chi connectivity index (χ1) is 31.3. The second-order valence-corrected chi connectivity index (χ2v) is 10.8. The van der Waals surface area contributed by atoms with Gasteiger partial charge in [-0.2, -0.15) is 0 Å². The Kier molecular flexibility index (Phi) is 3.68. The van der Waals surface area contributed by atoms with Crippen LogP contribution in [0.4, 0.5) is 17.1 Å². The van der Waals surface area contributed by atoms with Crippen molar-refractivity contribution in [2.24, 2.45) is 0 Å². The molecule has 0 aliphatic carbocycles. The smallest absolute Gasteiger partial charge is 0.143 e. The van der Waals surface area contributed by atoms with Gasteiger partial charge in [-0.15, -0.1) is 0 Å². The van der Waals surface area contributed by atoms with Crippen molar-refractivity contribution in [3.05, 3.63) is 188 Å². The Labute approximate surface area is 305 Å². The van der Waals surface area contributed by atoms with E-state index in [2.05, 4.69) is 0 Å². The minimum atomic E-state index is -0.850. The number of fused-ring (bicyclic) bond motifs is 5. The lowest BCUT2D eigenvalue weighted by molar-refractivity contribution is 0.672. The van der Waals surface area contributed by atoms with Crippen LogP contribution in [-0.4, -0.2) is 0 Å². The van der Waals surface area contributed by atoms with Crippen molar-refractivity contribution in [1.82, 2.24) is 0 Å². The van der Waals surface area contributed by atoms with Crippen LogP contribution in [0.5, 0.6) is 0 Å². The highest BCUT2D eigenvalue weighted by molar-refractivity contribution is 6.15. The Balaban J connectivity index is 1.37. The van der Waals surface area contributed by atoms with Crippen LogP contribution >= 0.6 is 0 Å². The molecule has 9 aromatic rings. The van der Waals surface area contributed by atoms with E-state index in [1.807, 2.05) is 42.5 Å². The minimum Gasteiger partial charge on any atom is -0.455 e. The molecule has 0 aliphatic heterocycles. The van der Waals surface area contributed by atoms with Gasteiger partial charge in [-0.25, -0.2) is 0 Å². The molecular formula is C46H31NO. The van der Waals surface area contributed by atoms with E-state index >= 15 is 0 Å². The molecule has 0 saturated carbocycles. The molecule has 0 spiro atoms. The molecule has 0 amide bonds. The van der Waals surface area contributed by atoms with Gasteiger partial charge in [-0.1, -0.05) is 139 Å². The van der Waals surface area contributed by atoms with Crippen LogP contribution in [-0.2, 0) is 0 Å². The SMILES string of the molecule is [2H]c1c([2H])c([2H])c(-c2c([2H])c([2H])c(N(c3ccccc3-c3ccc4oc5c6ccccc6ccc5c4c3)c3c([2H])c([2H])c(-c4c([2H])c([2H])c([2H])c([2H])c4[2H])c([2H])c3[2H])c([2H])c2[2H])c([2H])c1[2H]. The maximum Gasteiger partial charge on any atom is 0.143 e. The van der Waals surface area contributed by atoms with Gasteiger partial charge in [0.05, 0.1) is 30.4 Å². The highest BCUT2D eigenvalue weighted by Gasteiger charge is 2.19. The summed E-state index contributed by atoms with van der Waals surface area (Å²) in [5, 5.41) is 3.32. The molecule has 8 aromatic carbocycles. The Morgan fingerprint density at radius 3 is 1.69 bits per heavy atom. The third-order valence-electron chi connectivity index (χ3n) is 7.99. The van der Waals surface area contributed by atoms with Gasteiger partial charge < -0.3 is 9.32 Å². The van der Waals surface area contributed by atoms with Crippen LogP contribution in [0.1, 0.15) is 24.7 Å². The van der Waals surface area contributed by atoms with Gasteiger partial charge >= 0.3 is 0 Å². The fraction of sp³-hybridized carbons (Fsp3) is 0. The summed E-state index contributed by atoms with van der Waals surface area (Å²) in [4.78, 5) is 1.03. The molecule has 0 aliphatic rings. The zero-order valence-corrected chi connectivity index (χ0v) is 24.9. The highest BCUT2D eigenvalue weighted by atomic mass is 16.3. The molecule has 0 atom stereocenters. The number of benzene rings is 8. The predicted octanol–water partition coefficient (Wildman–Crippen LogP) is 13.2. The lowest BCUT2D eigenvalue weighted by atomic mass is 9.98. The second-order valence-electron chi connectivity index (χ2n) is 10.8. The molecule has 0 fully saturated rings. The number of nitrogens with zero attached hydrogens (tertiary/aromatic N) is 1. The van der Waals surface area contributed by atoms with E-state index in [0.717, 1.165) is 21.1 Å². The van der Waals surface area contributed by atoms with E-state index in [0.29, 0.717) is 27.7 Å². The van der Waals surface area contributed by atoms with Gasteiger partial charge in [0.25, 0.3) is 0 Å². The quantitative estimate of drug-likeness (QED) is 0.182. The summed E-state index contributed by atoms with van der Waals surface area (Å²) in [5.41, 5.74) is -1.59. The molecule has 0 unspecified atom stereocenters. The van der Waals surface area contributed by atoms with Crippen LogP contribution in [0.15, 0.2) is 192 Å². The Hall–Kier alpha value is -6.38. The Bertz CT molecular complexity index is 3350. The van der Waals surface area contributed by atoms with Gasteiger partial charge in [-0.05, 0) is 81.6 Å². The fourth-order valence-corrected chi connectivity index (χ4v) is 5.77. The third-order valence-corrected chi connectivity index (χ3v) is 7.99. The van der Waals surface area contributed by atoms with E-state index in [1.165, 1.54) is 6.07 Å². The van der Waals surface area contributed by atoms with E-state index in [9.17, 15) is 11.0 Å². The summed E-state index contributed by atoms with van der Waals surface area (Å²) in [6.45, 7) is 0. The number of para-hydroxylation sites is 1. The molecular weight excluding hydrogens is 583 g/mol. The minimum absolute atomic E-state index is 0.0304. The Morgan fingerprint density at radius 1 is 0.438 bits per heavy atom. The first-order valence-electron chi connectivity index (χ1n) is 23.9. The molecule has 2 heteroatoms. The summed E-state index contributed by atoms with van der Waals surface area (Å²) < 4.78 is 165. The summed E-state index contributed by atoms with van der Waals surface area (Å²) in [6.07, 6.45) is 0. The van der Waals surface area contributed by atoms with Crippen LogP contribution < -0.4 is 4.90 Å². The van der Waals surface area contributed by atoms with Crippen LogP contribution in [0.25, 0.3) is 66.1 Å². The second kappa shape index (κ2) is 11.8. The number of hydrogen-bond donors (Lipinski definition) is 0. The Morgan fingerprint density at radius 2 is 1.02 bits per heavy atom. The molecule has 0 bridgehead atoms. The van der Waals surface area contributed by atoms with E-state index < -0.39 is 142 Å². The molecule has 226 valence electrons. The fourth-order valence-electron chi connectivity index (χ4n) is 5.77. The average Bonchev–Trinajstić information content (AvgIpc) is 3.70. The maximum absolute atomic E-state index is 9.49. The summed E-state index contributed by atoms with van der Waals surface area (Å²) >= 11 is 0. The molecule has 0 radical (unpaired) electrons. The molecule has 1 heterocycles. The van der Waals surface area contributed by atoms with E-state index in [4.69, 9.17) is 18.1 Å². The largest absolute Gasteiger partial charge is 0.455 e. The monoisotopic (exact) mass is 631 g/mol. The molecule has 9 rings (SSSR count). The normalized spacial score (nSPS) is 16.6. The third kappa shape index (κ3) is 4.92. The number of furan rings is 1. The molecule has 48 heavy (non-hydrogen) atoms. The topological polar surface area (TPSA) is 16.4 Å². The molecule has 0 saturated heterocycles. The molecule has 0 N–H and O–H groups in total. The lowest BCUT2D eigenvalue weighted by Gasteiger charge is -2.28. The van der Waals surface area contributed by atoms with Crippen molar-refractivity contribution in [1.29, 1.82) is 0 Å². The van der Waals surface area contributed by atoms with Crippen molar-refractivity contribution < 1.29 is 29.1 Å². The number of anilines is 3. The van der Waals surface area contributed by atoms with Crippen LogP contribution in [0.2, 0.25) is 0 Å².